The van der Waals surface area contributed by atoms with Gasteiger partial charge in [0.2, 0.25) is 0 Å². The van der Waals surface area contributed by atoms with E-state index in [2.05, 4.69) is 29.8 Å². The van der Waals surface area contributed by atoms with Crippen LogP contribution >= 0.6 is 0 Å². The van der Waals surface area contributed by atoms with E-state index >= 15 is 0 Å². The van der Waals surface area contributed by atoms with E-state index in [-0.39, 0.29) is 5.56 Å². The summed E-state index contributed by atoms with van der Waals surface area (Å²) in [6.07, 6.45) is 2.96. The standard InChI is InChI=1S/C21H28N4O/c1-13(2)9-24-10-15-5-18(12-24)19-6-16(7-20(26)25(19)11-15)17-4-14(3)21(22)23-8-17/h4,6-8,13,15,18H,5,9-12H2,1-3H3,(H2,22,23)/t15-,18+/m0/s1. The number of nitrogen functional groups attached to an aromatic ring is 1. The Bertz CT molecular complexity index is 886. The molecule has 4 heterocycles. The molecule has 2 N–H and O–H groups in total. The fourth-order valence-corrected chi connectivity index (χ4v) is 4.63. The monoisotopic (exact) mass is 352 g/mol. The van der Waals surface area contributed by atoms with E-state index in [4.69, 9.17) is 5.73 Å². The lowest BCUT2D eigenvalue weighted by atomic mass is 9.82. The summed E-state index contributed by atoms with van der Waals surface area (Å²) in [7, 11) is 0. The lowest BCUT2D eigenvalue weighted by Gasteiger charge is -2.43. The Morgan fingerprint density at radius 2 is 2.00 bits per heavy atom. The normalized spacial score (nSPS) is 22.5. The molecule has 0 amide bonds. The van der Waals surface area contributed by atoms with Gasteiger partial charge >= 0.3 is 0 Å². The Balaban J connectivity index is 1.72. The van der Waals surface area contributed by atoms with Crippen molar-refractivity contribution < 1.29 is 0 Å². The smallest absolute Gasteiger partial charge is 0.251 e. The van der Waals surface area contributed by atoms with Crippen LogP contribution in [0, 0.1) is 18.8 Å². The van der Waals surface area contributed by atoms with Gasteiger partial charge in [0.05, 0.1) is 0 Å². The molecule has 0 saturated carbocycles. The summed E-state index contributed by atoms with van der Waals surface area (Å²) in [5, 5.41) is 0. The van der Waals surface area contributed by atoms with Crippen LogP contribution in [-0.4, -0.2) is 34.1 Å². The minimum absolute atomic E-state index is 0.110. The summed E-state index contributed by atoms with van der Waals surface area (Å²) in [5.74, 6) is 2.25. The van der Waals surface area contributed by atoms with Gasteiger partial charge in [-0.15, -0.1) is 0 Å². The number of aromatic nitrogens is 2. The Kier molecular flexibility index (Phi) is 4.35. The van der Waals surface area contributed by atoms with E-state index in [9.17, 15) is 4.79 Å². The zero-order chi connectivity index (χ0) is 18.4. The third kappa shape index (κ3) is 3.16. The summed E-state index contributed by atoms with van der Waals surface area (Å²) in [4.78, 5) is 19.7. The zero-order valence-electron chi connectivity index (χ0n) is 15.9. The molecule has 0 spiro atoms. The number of aryl methyl sites for hydroxylation is 1. The number of nitrogens with zero attached hydrogens (tertiary/aromatic N) is 3. The second-order valence-corrected chi connectivity index (χ2v) is 8.45. The van der Waals surface area contributed by atoms with Crippen molar-refractivity contribution >= 4 is 5.82 Å². The molecule has 0 radical (unpaired) electrons. The largest absolute Gasteiger partial charge is 0.383 e. The number of piperidine rings is 1. The van der Waals surface area contributed by atoms with Gasteiger partial charge in [-0.25, -0.2) is 4.98 Å². The molecule has 2 bridgehead atoms. The van der Waals surface area contributed by atoms with Gasteiger partial charge in [-0.3, -0.25) is 4.79 Å². The van der Waals surface area contributed by atoms with E-state index in [1.165, 1.54) is 12.1 Å². The van der Waals surface area contributed by atoms with Crippen LogP contribution in [0.4, 0.5) is 5.82 Å². The first kappa shape index (κ1) is 17.3. The van der Waals surface area contributed by atoms with Crippen molar-refractivity contribution in [1.29, 1.82) is 0 Å². The van der Waals surface area contributed by atoms with Crippen LogP contribution in [0.15, 0.2) is 29.2 Å². The first-order valence-corrected chi connectivity index (χ1v) is 9.60. The highest BCUT2D eigenvalue weighted by molar-refractivity contribution is 5.65. The predicted molar refractivity (Wildman–Crippen MR) is 105 cm³/mol. The highest BCUT2D eigenvalue weighted by Crippen LogP contribution is 2.36. The van der Waals surface area contributed by atoms with Crippen LogP contribution in [0.2, 0.25) is 0 Å². The van der Waals surface area contributed by atoms with Gasteiger partial charge in [0.25, 0.3) is 5.56 Å². The predicted octanol–water partition coefficient (Wildman–Crippen LogP) is 2.88. The van der Waals surface area contributed by atoms with Crippen molar-refractivity contribution in [2.45, 2.75) is 39.7 Å². The van der Waals surface area contributed by atoms with Crippen molar-refractivity contribution in [3.63, 3.8) is 0 Å². The van der Waals surface area contributed by atoms with Crippen LogP contribution in [0.3, 0.4) is 0 Å². The maximum absolute atomic E-state index is 12.8. The van der Waals surface area contributed by atoms with Gasteiger partial charge in [-0.2, -0.15) is 0 Å². The molecule has 2 aliphatic rings. The molecule has 2 aromatic heterocycles. The maximum Gasteiger partial charge on any atom is 0.251 e. The fourth-order valence-electron chi connectivity index (χ4n) is 4.63. The lowest BCUT2D eigenvalue weighted by Crippen LogP contribution is -2.48. The fraction of sp³-hybridized carbons (Fsp3) is 0.524. The first-order valence-electron chi connectivity index (χ1n) is 9.60. The molecule has 2 atom stereocenters. The quantitative estimate of drug-likeness (QED) is 0.922. The molecule has 26 heavy (non-hydrogen) atoms. The number of nitrogens with two attached hydrogens (primary N) is 1. The topological polar surface area (TPSA) is 64.2 Å². The molecule has 2 aliphatic heterocycles. The molecular formula is C21H28N4O. The molecule has 0 aromatic carbocycles. The van der Waals surface area contributed by atoms with Crippen LogP contribution in [0.25, 0.3) is 11.1 Å². The van der Waals surface area contributed by atoms with Crippen molar-refractivity contribution in [3.05, 3.63) is 46.0 Å². The molecule has 1 saturated heterocycles. The highest BCUT2D eigenvalue weighted by Gasteiger charge is 2.34. The van der Waals surface area contributed by atoms with E-state index in [1.807, 2.05) is 17.6 Å². The molecule has 1 fully saturated rings. The van der Waals surface area contributed by atoms with E-state index < -0.39 is 0 Å². The number of hydrogen-bond donors (Lipinski definition) is 1. The summed E-state index contributed by atoms with van der Waals surface area (Å²) < 4.78 is 2.01. The van der Waals surface area contributed by atoms with Crippen molar-refractivity contribution in [3.8, 4) is 11.1 Å². The second-order valence-electron chi connectivity index (χ2n) is 8.45. The first-order chi connectivity index (χ1) is 12.4. The summed E-state index contributed by atoms with van der Waals surface area (Å²) in [6.45, 7) is 10.7. The van der Waals surface area contributed by atoms with Gasteiger partial charge in [-0.05, 0) is 48.4 Å². The number of hydrogen-bond acceptors (Lipinski definition) is 4. The minimum atomic E-state index is 0.110. The number of likely N-dealkylation sites (tertiary alicyclic amines) is 1. The Morgan fingerprint density at radius 1 is 1.19 bits per heavy atom. The van der Waals surface area contributed by atoms with Crippen LogP contribution in [0.5, 0.6) is 0 Å². The number of pyridine rings is 2. The summed E-state index contributed by atoms with van der Waals surface area (Å²) in [5.41, 5.74) is 10.0. The van der Waals surface area contributed by atoms with Gasteiger partial charge in [0.1, 0.15) is 5.82 Å². The summed E-state index contributed by atoms with van der Waals surface area (Å²) in [6, 6.07) is 5.97. The third-order valence-electron chi connectivity index (χ3n) is 5.71. The van der Waals surface area contributed by atoms with Crippen molar-refractivity contribution in [2.75, 3.05) is 25.4 Å². The van der Waals surface area contributed by atoms with Gasteiger partial charge in [0, 0.05) is 55.6 Å². The number of anilines is 1. The average molecular weight is 352 g/mol. The molecule has 0 aliphatic carbocycles. The zero-order valence-corrected chi connectivity index (χ0v) is 15.9. The van der Waals surface area contributed by atoms with Gasteiger partial charge in [-0.1, -0.05) is 13.8 Å². The van der Waals surface area contributed by atoms with Crippen LogP contribution in [-0.2, 0) is 6.54 Å². The molecule has 2 aromatic rings. The average Bonchev–Trinajstić information content (AvgIpc) is 2.57. The third-order valence-corrected chi connectivity index (χ3v) is 5.71. The molecule has 5 heteroatoms. The van der Waals surface area contributed by atoms with E-state index in [1.54, 1.807) is 12.3 Å². The SMILES string of the molecule is Cc1cc(-c2cc3n(c(=O)c2)C[C@H]2C[C@@H]3CN(CC(C)C)C2)cnc1N. The van der Waals surface area contributed by atoms with E-state index in [0.29, 0.717) is 23.6 Å². The van der Waals surface area contributed by atoms with Crippen molar-refractivity contribution in [2.24, 2.45) is 11.8 Å². The van der Waals surface area contributed by atoms with E-state index in [0.717, 1.165) is 42.9 Å². The number of rotatable bonds is 3. The van der Waals surface area contributed by atoms with Gasteiger partial charge in [0.15, 0.2) is 0 Å². The Labute approximate surface area is 154 Å². The molecule has 0 unspecified atom stereocenters. The Morgan fingerprint density at radius 3 is 2.73 bits per heavy atom. The minimum Gasteiger partial charge on any atom is -0.383 e. The molecule has 4 rings (SSSR count). The molecule has 5 nitrogen and oxygen atoms in total. The lowest BCUT2D eigenvalue weighted by molar-refractivity contribution is 0.109. The Hall–Kier alpha value is -2.14. The second kappa shape index (κ2) is 6.54. The molecule has 138 valence electrons. The van der Waals surface area contributed by atoms with Crippen LogP contribution < -0.4 is 11.3 Å². The van der Waals surface area contributed by atoms with Crippen molar-refractivity contribution in [1.82, 2.24) is 14.5 Å². The highest BCUT2D eigenvalue weighted by atomic mass is 16.1. The van der Waals surface area contributed by atoms with Crippen LogP contribution in [0.1, 0.15) is 37.4 Å². The molecular weight excluding hydrogens is 324 g/mol. The number of fused-ring (bicyclic) bond motifs is 4. The summed E-state index contributed by atoms with van der Waals surface area (Å²) >= 11 is 0. The van der Waals surface area contributed by atoms with Gasteiger partial charge < -0.3 is 15.2 Å². The maximum atomic E-state index is 12.8.